The zero-order chi connectivity index (χ0) is 17.1. The topological polar surface area (TPSA) is 118 Å². The molecule has 9 nitrogen and oxygen atoms in total. The second-order valence-electron chi connectivity index (χ2n) is 5.44. The van der Waals surface area contributed by atoms with Crippen LogP contribution >= 0.6 is 0 Å². The molecule has 0 saturated heterocycles. The van der Waals surface area contributed by atoms with Crippen molar-refractivity contribution < 1.29 is 14.7 Å². The van der Waals surface area contributed by atoms with Crippen LogP contribution in [0, 0.1) is 13.8 Å². The standard InChI is InChI=1S/C15H18N6O3/c1-9-6-17-10(2)13(9)15(23)18-7-11(22)8-24-21-14-12(19-20-21)4-3-5-16-14/h3-6,11,17,22H,7-8H2,1-2H3,(H,18,23). The van der Waals surface area contributed by atoms with Gasteiger partial charge in [0.2, 0.25) is 5.65 Å². The fraction of sp³-hybridized carbons (Fsp3) is 0.333. The van der Waals surface area contributed by atoms with E-state index in [2.05, 4.69) is 25.6 Å². The van der Waals surface area contributed by atoms with Crippen molar-refractivity contribution in [1.29, 1.82) is 0 Å². The molecule has 3 heterocycles. The van der Waals surface area contributed by atoms with Crippen LogP contribution in [0.5, 0.6) is 0 Å². The Morgan fingerprint density at radius 2 is 2.33 bits per heavy atom. The highest BCUT2D eigenvalue weighted by atomic mass is 16.7. The second-order valence-corrected chi connectivity index (χ2v) is 5.44. The third-order valence-electron chi connectivity index (χ3n) is 3.57. The number of fused-ring (bicyclic) bond motifs is 1. The second kappa shape index (κ2) is 6.67. The molecule has 0 spiro atoms. The number of pyridine rings is 1. The van der Waals surface area contributed by atoms with Crippen molar-refractivity contribution in [2.75, 3.05) is 13.2 Å². The first-order valence-corrected chi connectivity index (χ1v) is 7.47. The van der Waals surface area contributed by atoms with Crippen LogP contribution in [0.25, 0.3) is 11.2 Å². The van der Waals surface area contributed by atoms with Crippen molar-refractivity contribution in [2.24, 2.45) is 0 Å². The molecule has 1 atom stereocenters. The van der Waals surface area contributed by atoms with Crippen LogP contribution in [0.15, 0.2) is 24.5 Å². The number of amides is 1. The number of hydrogen-bond acceptors (Lipinski definition) is 6. The highest BCUT2D eigenvalue weighted by Crippen LogP contribution is 2.11. The third-order valence-corrected chi connectivity index (χ3v) is 3.57. The molecule has 9 heteroatoms. The van der Waals surface area contributed by atoms with Crippen molar-refractivity contribution >= 4 is 17.1 Å². The van der Waals surface area contributed by atoms with Crippen LogP contribution in [0.3, 0.4) is 0 Å². The zero-order valence-corrected chi connectivity index (χ0v) is 13.4. The van der Waals surface area contributed by atoms with E-state index in [9.17, 15) is 9.90 Å². The first kappa shape index (κ1) is 15.9. The normalized spacial score (nSPS) is 12.3. The Morgan fingerprint density at radius 3 is 3.08 bits per heavy atom. The Hall–Kier alpha value is -2.94. The van der Waals surface area contributed by atoms with Crippen molar-refractivity contribution in [2.45, 2.75) is 20.0 Å². The van der Waals surface area contributed by atoms with E-state index in [0.29, 0.717) is 16.7 Å². The number of aromatic nitrogens is 5. The maximum Gasteiger partial charge on any atom is 0.253 e. The predicted octanol–water partition coefficient (Wildman–Crippen LogP) is -0.00926. The number of carbonyl (C=O) groups is 1. The monoisotopic (exact) mass is 330 g/mol. The smallest absolute Gasteiger partial charge is 0.253 e. The molecule has 3 aromatic heterocycles. The van der Waals surface area contributed by atoms with E-state index in [1.54, 1.807) is 24.5 Å². The highest BCUT2D eigenvalue weighted by molar-refractivity contribution is 5.96. The predicted molar refractivity (Wildman–Crippen MR) is 85.4 cm³/mol. The molecule has 0 aliphatic rings. The largest absolute Gasteiger partial charge is 0.391 e. The van der Waals surface area contributed by atoms with E-state index < -0.39 is 6.10 Å². The maximum atomic E-state index is 12.1. The summed E-state index contributed by atoms with van der Waals surface area (Å²) >= 11 is 0. The maximum absolute atomic E-state index is 12.1. The SMILES string of the molecule is Cc1c[nH]c(C)c1C(=O)NCC(O)COn1nnc2cccnc21. The Labute approximate surface area is 137 Å². The molecular formula is C15H18N6O3. The summed E-state index contributed by atoms with van der Waals surface area (Å²) in [5, 5.41) is 20.4. The average molecular weight is 330 g/mol. The van der Waals surface area contributed by atoms with Crippen LogP contribution in [0.4, 0.5) is 0 Å². The Kier molecular flexibility index (Phi) is 4.43. The zero-order valence-electron chi connectivity index (χ0n) is 13.4. The number of nitrogens with zero attached hydrogens (tertiary/aromatic N) is 4. The molecule has 24 heavy (non-hydrogen) atoms. The summed E-state index contributed by atoms with van der Waals surface area (Å²) in [5.41, 5.74) is 3.30. The van der Waals surface area contributed by atoms with Crippen molar-refractivity contribution in [3.63, 3.8) is 0 Å². The number of aromatic amines is 1. The van der Waals surface area contributed by atoms with E-state index >= 15 is 0 Å². The van der Waals surface area contributed by atoms with Gasteiger partial charge >= 0.3 is 0 Å². The fourth-order valence-electron chi connectivity index (χ4n) is 2.35. The van der Waals surface area contributed by atoms with E-state index in [0.717, 1.165) is 16.1 Å². The van der Waals surface area contributed by atoms with Gasteiger partial charge in [0.15, 0.2) is 0 Å². The molecule has 0 aromatic carbocycles. The number of nitrogens with one attached hydrogen (secondary N) is 2. The van der Waals surface area contributed by atoms with Crippen molar-refractivity contribution in [3.05, 3.63) is 41.3 Å². The van der Waals surface area contributed by atoms with Gasteiger partial charge in [-0.2, -0.15) is 0 Å². The first-order chi connectivity index (χ1) is 11.6. The molecule has 0 aliphatic carbocycles. The average Bonchev–Trinajstić information content (AvgIpc) is 3.14. The summed E-state index contributed by atoms with van der Waals surface area (Å²) in [6, 6.07) is 3.50. The molecule has 0 radical (unpaired) electrons. The quantitative estimate of drug-likeness (QED) is 0.585. The molecule has 3 N–H and O–H groups in total. The molecular weight excluding hydrogens is 312 g/mol. The number of aliphatic hydroxyl groups excluding tert-OH is 1. The summed E-state index contributed by atoms with van der Waals surface area (Å²) in [7, 11) is 0. The van der Waals surface area contributed by atoms with E-state index in [-0.39, 0.29) is 19.1 Å². The van der Waals surface area contributed by atoms with Gasteiger partial charge in [-0.05, 0) is 36.8 Å². The van der Waals surface area contributed by atoms with Crippen molar-refractivity contribution in [1.82, 2.24) is 30.4 Å². The molecule has 1 amide bonds. The number of aliphatic hydroxyl groups is 1. The van der Waals surface area contributed by atoms with Crippen molar-refractivity contribution in [3.8, 4) is 0 Å². The van der Waals surface area contributed by atoms with Gasteiger partial charge in [0, 0.05) is 24.6 Å². The van der Waals surface area contributed by atoms with Gasteiger partial charge in [-0.1, -0.05) is 4.85 Å². The molecule has 3 rings (SSSR count). The molecule has 3 aromatic rings. The lowest BCUT2D eigenvalue weighted by Gasteiger charge is -2.12. The van der Waals surface area contributed by atoms with Gasteiger partial charge in [0.25, 0.3) is 5.91 Å². The van der Waals surface area contributed by atoms with Crippen LogP contribution in [-0.2, 0) is 0 Å². The summed E-state index contributed by atoms with van der Waals surface area (Å²) in [4.78, 5) is 25.8. The highest BCUT2D eigenvalue weighted by Gasteiger charge is 2.15. The minimum atomic E-state index is -0.892. The minimum absolute atomic E-state index is 0.0551. The molecule has 126 valence electrons. The van der Waals surface area contributed by atoms with Crippen LogP contribution in [-0.4, -0.2) is 55.4 Å². The van der Waals surface area contributed by atoms with E-state index in [4.69, 9.17) is 4.84 Å². The van der Waals surface area contributed by atoms with Gasteiger partial charge in [0.1, 0.15) is 18.2 Å². The number of H-pyrrole nitrogens is 1. The van der Waals surface area contributed by atoms with Gasteiger partial charge < -0.3 is 20.2 Å². The Morgan fingerprint density at radius 1 is 1.50 bits per heavy atom. The Bertz CT molecular complexity index is 836. The van der Waals surface area contributed by atoms with E-state index in [1.807, 2.05) is 13.8 Å². The number of rotatable bonds is 6. The van der Waals surface area contributed by atoms with Crippen LogP contribution in [0.1, 0.15) is 21.6 Å². The molecule has 0 saturated carbocycles. The van der Waals surface area contributed by atoms with Gasteiger partial charge in [-0.15, -0.1) is 5.10 Å². The lowest BCUT2D eigenvalue weighted by atomic mass is 10.1. The van der Waals surface area contributed by atoms with E-state index in [1.165, 1.54) is 0 Å². The molecule has 1 unspecified atom stereocenters. The van der Waals surface area contributed by atoms with Crippen LogP contribution < -0.4 is 10.2 Å². The van der Waals surface area contributed by atoms with Gasteiger partial charge in [0.05, 0.1) is 5.56 Å². The first-order valence-electron chi connectivity index (χ1n) is 7.47. The molecule has 0 aliphatic heterocycles. The van der Waals surface area contributed by atoms with Gasteiger partial charge in [-0.3, -0.25) is 4.79 Å². The summed E-state index contributed by atoms with van der Waals surface area (Å²) in [6.45, 7) is 3.68. The minimum Gasteiger partial charge on any atom is -0.391 e. The van der Waals surface area contributed by atoms with Gasteiger partial charge in [-0.25, -0.2) is 4.98 Å². The summed E-state index contributed by atoms with van der Waals surface area (Å²) < 4.78 is 0. The Balaban J connectivity index is 1.53. The summed E-state index contributed by atoms with van der Waals surface area (Å²) in [6.07, 6.45) is 2.48. The lowest BCUT2D eigenvalue weighted by Crippen LogP contribution is -2.37. The number of carbonyl (C=O) groups excluding carboxylic acids is 1. The van der Waals surface area contributed by atoms with Crippen LogP contribution in [0.2, 0.25) is 0 Å². The molecule has 0 bridgehead atoms. The summed E-state index contributed by atoms with van der Waals surface area (Å²) in [5.74, 6) is -0.238. The lowest BCUT2D eigenvalue weighted by molar-refractivity contribution is 0.0143. The molecule has 0 fully saturated rings. The fourth-order valence-corrected chi connectivity index (χ4v) is 2.35. The number of aryl methyl sites for hydroxylation is 2. The third kappa shape index (κ3) is 3.20. The number of hydrogen-bond donors (Lipinski definition) is 3.